The van der Waals surface area contributed by atoms with Crippen molar-refractivity contribution in [2.45, 2.75) is 78.4 Å². The number of hydrogen-bond donors (Lipinski definition) is 3. The standard InChI is InChI=1S/C37H50N4O5/c1-5-8-21-40-22-19-34(20-23-40)45-32-14-9-28(10-15-32)36(43)41(24-25-42)31-12-16-33(17-13-31)46-35-18-11-30(26-27(35)4)39-37(44)38-29(6-2)7-3/h9-18,26,29,34,42H,5-8,19-25H2,1-4H3,(H2,38,39,44). The van der Waals surface area contributed by atoms with Crippen LogP contribution in [-0.2, 0) is 0 Å². The Hall–Kier alpha value is -4.08. The van der Waals surface area contributed by atoms with E-state index in [0.717, 1.165) is 56.6 Å². The summed E-state index contributed by atoms with van der Waals surface area (Å²) in [6.45, 7) is 11.5. The molecule has 1 heterocycles. The number of anilines is 2. The third kappa shape index (κ3) is 9.96. The van der Waals surface area contributed by atoms with E-state index in [0.29, 0.717) is 28.4 Å². The van der Waals surface area contributed by atoms with Gasteiger partial charge in [-0.2, -0.15) is 0 Å². The van der Waals surface area contributed by atoms with Crippen LogP contribution in [0.2, 0.25) is 0 Å². The van der Waals surface area contributed by atoms with Crippen LogP contribution >= 0.6 is 0 Å². The molecule has 0 spiro atoms. The first-order valence-corrected chi connectivity index (χ1v) is 16.7. The third-order valence-electron chi connectivity index (χ3n) is 8.47. The minimum absolute atomic E-state index is 0.142. The molecule has 1 saturated heterocycles. The molecule has 1 aliphatic rings. The molecule has 3 N–H and O–H groups in total. The number of nitrogens with one attached hydrogen (secondary N) is 2. The van der Waals surface area contributed by atoms with E-state index in [1.807, 2.05) is 45.0 Å². The monoisotopic (exact) mass is 630 g/mol. The molecule has 4 rings (SSSR count). The highest BCUT2D eigenvalue weighted by Crippen LogP contribution is 2.30. The lowest BCUT2D eigenvalue weighted by Crippen LogP contribution is -2.38. The van der Waals surface area contributed by atoms with Gasteiger partial charge in [-0.1, -0.05) is 27.2 Å². The summed E-state index contributed by atoms with van der Waals surface area (Å²) in [5.74, 6) is 1.83. The second-order valence-electron chi connectivity index (χ2n) is 11.9. The maximum Gasteiger partial charge on any atom is 0.319 e. The van der Waals surface area contributed by atoms with Crippen LogP contribution in [0, 0.1) is 6.92 Å². The molecular weight excluding hydrogens is 580 g/mol. The van der Waals surface area contributed by atoms with Gasteiger partial charge in [0.15, 0.2) is 0 Å². The number of carbonyl (C=O) groups excluding carboxylic acids is 2. The van der Waals surface area contributed by atoms with Gasteiger partial charge in [-0.25, -0.2) is 4.79 Å². The molecule has 3 aromatic carbocycles. The first-order chi connectivity index (χ1) is 22.3. The van der Waals surface area contributed by atoms with Crippen molar-refractivity contribution in [3.63, 3.8) is 0 Å². The van der Waals surface area contributed by atoms with Crippen LogP contribution in [0.1, 0.15) is 75.2 Å². The van der Waals surface area contributed by atoms with Gasteiger partial charge in [-0.05, 0) is 118 Å². The number of aryl methyl sites for hydroxylation is 1. The molecular formula is C37H50N4O5. The van der Waals surface area contributed by atoms with Crippen molar-refractivity contribution >= 4 is 23.3 Å². The van der Waals surface area contributed by atoms with Gasteiger partial charge in [0.2, 0.25) is 0 Å². The maximum absolute atomic E-state index is 13.5. The number of amides is 3. The Kier molecular flexibility index (Phi) is 13.3. The molecule has 0 bridgehead atoms. The number of rotatable bonds is 15. The van der Waals surface area contributed by atoms with E-state index in [2.05, 4.69) is 22.5 Å². The van der Waals surface area contributed by atoms with E-state index < -0.39 is 0 Å². The molecule has 248 valence electrons. The second-order valence-corrected chi connectivity index (χ2v) is 11.9. The van der Waals surface area contributed by atoms with Crippen LogP contribution in [-0.4, -0.2) is 66.9 Å². The summed E-state index contributed by atoms with van der Waals surface area (Å²) in [7, 11) is 0. The number of likely N-dealkylation sites (tertiary alicyclic amines) is 1. The molecule has 3 amide bonds. The molecule has 9 heteroatoms. The van der Waals surface area contributed by atoms with Gasteiger partial charge in [0.1, 0.15) is 23.4 Å². The van der Waals surface area contributed by atoms with Crippen molar-refractivity contribution in [2.75, 3.05) is 43.0 Å². The highest BCUT2D eigenvalue weighted by molar-refractivity contribution is 6.06. The van der Waals surface area contributed by atoms with Crippen LogP contribution in [0.25, 0.3) is 0 Å². The van der Waals surface area contributed by atoms with Crippen LogP contribution in [0.4, 0.5) is 16.2 Å². The summed E-state index contributed by atoms with van der Waals surface area (Å²) in [6, 6.07) is 19.9. The molecule has 0 aliphatic carbocycles. The fourth-order valence-electron chi connectivity index (χ4n) is 5.61. The van der Waals surface area contributed by atoms with Gasteiger partial charge in [0, 0.05) is 42.6 Å². The summed E-state index contributed by atoms with van der Waals surface area (Å²) >= 11 is 0. The lowest BCUT2D eigenvalue weighted by Gasteiger charge is -2.32. The summed E-state index contributed by atoms with van der Waals surface area (Å²) in [6.07, 6.45) is 6.41. The zero-order valence-electron chi connectivity index (χ0n) is 27.8. The van der Waals surface area contributed by atoms with Gasteiger partial charge in [-0.15, -0.1) is 0 Å². The van der Waals surface area contributed by atoms with Gasteiger partial charge in [0.05, 0.1) is 6.61 Å². The molecule has 3 aromatic rings. The Morgan fingerprint density at radius 1 is 0.957 bits per heavy atom. The average molecular weight is 631 g/mol. The lowest BCUT2D eigenvalue weighted by molar-refractivity contribution is 0.0978. The number of carbonyl (C=O) groups is 2. The van der Waals surface area contributed by atoms with Crippen LogP contribution < -0.4 is 25.0 Å². The number of ether oxygens (including phenoxy) is 2. The molecule has 0 unspecified atom stereocenters. The molecule has 0 saturated carbocycles. The predicted molar refractivity (Wildman–Crippen MR) is 184 cm³/mol. The predicted octanol–water partition coefficient (Wildman–Crippen LogP) is 7.38. The normalized spacial score (nSPS) is 13.8. The summed E-state index contributed by atoms with van der Waals surface area (Å²) < 4.78 is 12.3. The van der Waals surface area contributed by atoms with Crippen molar-refractivity contribution in [1.82, 2.24) is 10.2 Å². The van der Waals surface area contributed by atoms with E-state index >= 15 is 0 Å². The number of unbranched alkanes of at least 4 members (excludes halogenated alkanes) is 1. The fraction of sp³-hybridized carbons (Fsp3) is 0.459. The van der Waals surface area contributed by atoms with Crippen molar-refractivity contribution in [3.8, 4) is 17.2 Å². The Balaban J connectivity index is 1.34. The number of piperidine rings is 1. The Bertz CT molecular complexity index is 1380. The van der Waals surface area contributed by atoms with E-state index in [9.17, 15) is 14.7 Å². The Morgan fingerprint density at radius 3 is 2.24 bits per heavy atom. The lowest BCUT2D eigenvalue weighted by atomic mass is 10.1. The van der Waals surface area contributed by atoms with Crippen molar-refractivity contribution in [3.05, 3.63) is 77.9 Å². The molecule has 0 radical (unpaired) electrons. The van der Waals surface area contributed by atoms with E-state index in [-0.39, 0.29) is 37.2 Å². The molecule has 1 fully saturated rings. The van der Waals surface area contributed by atoms with Crippen molar-refractivity contribution in [2.24, 2.45) is 0 Å². The molecule has 46 heavy (non-hydrogen) atoms. The van der Waals surface area contributed by atoms with E-state index in [1.54, 1.807) is 47.4 Å². The highest BCUT2D eigenvalue weighted by Gasteiger charge is 2.21. The topological polar surface area (TPSA) is 103 Å². The first-order valence-electron chi connectivity index (χ1n) is 16.7. The third-order valence-corrected chi connectivity index (χ3v) is 8.47. The van der Waals surface area contributed by atoms with E-state index in [4.69, 9.17) is 9.47 Å². The van der Waals surface area contributed by atoms with Gasteiger partial charge in [-0.3, -0.25) is 4.79 Å². The smallest absolute Gasteiger partial charge is 0.319 e. The number of hydrogen-bond acceptors (Lipinski definition) is 6. The SMILES string of the molecule is CCCCN1CCC(Oc2ccc(C(=O)N(CCO)c3ccc(Oc4ccc(NC(=O)NC(CC)CC)cc4C)cc3)cc2)CC1. The van der Waals surface area contributed by atoms with Gasteiger partial charge in [0.25, 0.3) is 5.91 Å². The summed E-state index contributed by atoms with van der Waals surface area (Å²) in [5, 5.41) is 15.6. The number of nitrogens with zero attached hydrogens (tertiary/aromatic N) is 2. The number of aliphatic hydroxyl groups is 1. The average Bonchev–Trinajstić information content (AvgIpc) is 3.07. The van der Waals surface area contributed by atoms with Crippen molar-refractivity contribution in [1.29, 1.82) is 0 Å². The Labute approximate surface area is 273 Å². The van der Waals surface area contributed by atoms with Gasteiger partial charge >= 0.3 is 6.03 Å². The maximum atomic E-state index is 13.5. The van der Waals surface area contributed by atoms with Crippen LogP contribution in [0.3, 0.4) is 0 Å². The number of benzene rings is 3. The van der Waals surface area contributed by atoms with Crippen LogP contribution in [0.5, 0.6) is 17.2 Å². The van der Waals surface area contributed by atoms with Gasteiger partial charge < -0.3 is 35.0 Å². The summed E-state index contributed by atoms with van der Waals surface area (Å²) in [4.78, 5) is 29.9. The molecule has 0 aromatic heterocycles. The largest absolute Gasteiger partial charge is 0.490 e. The quantitative estimate of drug-likeness (QED) is 0.162. The molecule has 9 nitrogen and oxygen atoms in total. The number of aliphatic hydroxyl groups excluding tert-OH is 1. The van der Waals surface area contributed by atoms with Crippen molar-refractivity contribution < 1.29 is 24.2 Å². The molecule has 1 aliphatic heterocycles. The molecule has 0 atom stereocenters. The Morgan fingerprint density at radius 2 is 1.63 bits per heavy atom. The zero-order valence-corrected chi connectivity index (χ0v) is 27.8. The van der Waals surface area contributed by atoms with Crippen LogP contribution in [0.15, 0.2) is 66.7 Å². The number of urea groups is 1. The second kappa shape index (κ2) is 17.6. The zero-order chi connectivity index (χ0) is 32.9. The van der Waals surface area contributed by atoms with E-state index in [1.165, 1.54) is 12.8 Å². The fourth-order valence-corrected chi connectivity index (χ4v) is 5.61. The summed E-state index contributed by atoms with van der Waals surface area (Å²) in [5.41, 5.74) is 2.73. The first kappa shape index (κ1) is 34.8. The minimum atomic E-state index is -0.225. The highest BCUT2D eigenvalue weighted by atomic mass is 16.5. The minimum Gasteiger partial charge on any atom is -0.490 e.